The molecule has 1 unspecified atom stereocenters. The summed E-state index contributed by atoms with van der Waals surface area (Å²) in [5, 5.41) is 0. The van der Waals surface area contributed by atoms with Gasteiger partial charge >= 0.3 is 0 Å². The summed E-state index contributed by atoms with van der Waals surface area (Å²) < 4.78 is 1.07. The van der Waals surface area contributed by atoms with Gasteiger partial charge in [-0.2, -0.15) is 0 Å². The summed E-state index contributed by atoms with van der Waals surface area (Å²) in [6, 6.07) is 11.8. The summed E-state index contributed by atoms with van der Waals surface area (Å²) in [7, 11) is 0. The predicted molar refractivity (Wildman–Crippen MR) is 154 cm³/mol. The molecule has 2 aromatic rings. The first kappa shape index (κ1) is 27.9. The third kappa shape index (κ3) is 6.03. The van der Waals surface area contributed by atoms with Crippen LogP contribution in [0.5, 0.6) is 0 Å². The zero-order chi connectivity index (χ0) is 24.4. The highest BCUT2D eigenvalue weighted by molar-refractivity contribution is 14.1. The average Bonchev–Trinajstić information content (AvgIpc) is 3.08. The SMILES string of the molecule is CCC(CC)CN1CCN(C(=O)CC2c3cc(C)c(C)cc3C(=O)N2c2cccc(I)c2)CC1.Cl. The van der Waals surface area contributed by atoms with Crippen LogP contribution in [-0.4, -0.2) is 54.3 Å². The quantitative estimate of drug-likeness (QED) is 0.362. The number of hydrogen-bond acceptors (Lipinski definition) is 3. The Bertz CT molecular complexity index is 1060. The molecule has 2 heterocycles. The van der Waals surface area contributed by atoms with Gasteiger partial charge in [-0.1, -0.05) is 38.8 Å². The van der Waals surface area contributed by atoms with Gasteiger partial charge in [0.1, 0.15) is 0 Å². The van der Waals surface area contributed by atoms with Crippen LogP contribution in [0.25, 0.3) is 0 Å². The van der Waals surface area contributed by atoms with Crippen molar-refractivity contribution < 1.29 is 9.59 Å². The molecule has 0 spiro atoms. The van der Waals surface area contributed by atoms with Gasteiger partial charge in [0.15, 0.2) is 0 Å². The molecule has 2 aliphatic rings. The third-order valence-electron chi connectivity index (χ3n) is 7.64. The lowest BCUT2D eigenvalue weighted by molar-refractivity contribution is -0.133. The number of carbonyl (C=O) groups is 2. The Hall–Kier alpha value is -1.64. The minimum absolute atomic E-state index is 0. The van der Waals surface area contributed by atoms with Gasteiger partial charge in [0.2, 0.25) is 5.91 Å². The lowest BCUT2D eigenvalue weighted by Crippen LogP contribution is -2.50. The van der Waals surface area contributed by atoms with Crippen molar-refractivity contribution >= 4 is 52.5 Å². The topological polar surface area (TPSA) is 43.9 Å². The van der Waals surface area contributed by atoms with Gasteiger partial charge < -0.3 is 9.80 Å². The van der Waals surface area contributed by atoms with Crippen molar-refractivity contribution in [3.63, 3.8) is 0 Å². The van der Waals surface area contributed by atoms with Crippen LogP contribution in [0.4, 0.5) is 5.69 Å². The smallest absolute Gasteiger partial charge is 0.259 e. The summed E-state index contributed by atoms with van der Waals surface area (Å²) in [5.74, 6) is 0.867. The number of piperazine rings is 1. The van der Waals surface area contributed by atoms with Gasteiger partial charge in [-0.25, -0.2) is 0 Å². The van der Waals surface area contributed by atoms with E-state index >= 15 is 0 Å². The van der Waals surface area contributed by atoms with Gasteiger partial charge in [-0.05, 0) is 83.3 Å². The van der Waals surface area contributed by atoms with Crippen molar-refractivity contribution in [2.24, 2.45) is 5.92 Å². The molecule has 190 valence electrons. The van der Waals surface area contributed by atoms with Gasteiger partial charge in [0.25, 0.3) is 5.91 Å². The van der Waals surface area contributed by atoms with Crippen LogP contribution < -0.4 is 4.90 Å². The molecule has 0 radical (unpaired) electrons. The Kier molecular flexibility index (Phi) is 9.63. The Morgan fingerprint density at radius 2 is 1.69 bits per heavy atom. The van der Waals surface area contributed by atoms with E-state index in [0.717, 1.165) is 70.2 Å². The first-order chi connectivity index (χ1) is 16.3. The zero-order valence-corrected chi connectivity index (χ0v) is 24.2. The summed E-state index contributed by atoms with van der Waals surface area (Å²) in [4.78, 5) is 33.4. The molecule has 2 aromatic carbocycles. The summed E-state index contributed by atoms with van der Waals surface area (Å²) in [6.45, 7) is 13.2. The Balaban J connectivity index is 0.00000342. The molecule has 0 N–H and O–H groups in total. The molecule has 1 saturated heterocycles. The number of hydrogen-bond donors (Lipinski definition) is 0. The fourth-order valence-corrected chi connectivity index (χ4v) is 5.75. The van der Waals surface area contributed by atoms with Crippen LogP contribution in [0, 0.1) is 23.3 Å². The van der Waals surface area contributed by atoms with Gasteiger partial charge in [-0.3, -0.25) is 14.5 Å². The first-order valence-corrected chi connectivity index (χ1v) is 13.6. The first-order valence-electron chi connectivity index (χ1n) is 12.5. The second kappa shape index (κ2) is 12.1. The van der Waals surface area contributed by atoms with E-state index in [4.69, 9.17) is 0 Å². The second-order valence-electron chi connectivity index (χ2n) is 9.76. The standard InChI is InChI=1S/C28H36IN3O2.ClH/c1-5-21(6-2)18-30-10-12-31(13-11-30)27(33)17-26-24-14-19(3)20(4)15-25(24)28(34)32(26)23-9-7-8-22(29)16-23;/h7-9,14-16,21,26H,5-6,10-13,17-18H2,1-4H3;1H. The number of rotatable bonds is 7. The molecule has 5 nitrogen and oxygen atoms in total. The summed E-state index contributed by atoms with van der Waals surface area (Å²) in [5.41, 5.74) is 4.83. The van der Waals surface area contributed by atoms with E-state index < -0.39 is 0 Å². The van der Waals surface area contributed by atoms with Crippen molar-refractivity contribution in [3.8, 4) is 0 Å². The van der Waals surface area contributed by atoms with Crippen molar-refractivity contribution in [3.05, 3.63) is 62.2 Å². The Labute approximate surface area is 229 Å². The molecule has 7 heteroatoms. The molecular formula is C28H37ClIN3O2. The van der Waals surface area contributed by atoms with Crippen molar-refractivity contribution in [1.29, 1.82) is 0 Å². The maximum Gasteiger partial charge on any atom is 0.259 e. The fourth-order valence-electron chi connectivity index (χ4n) is 5.22. The number of fused-ring (bicyclic) bond motifs is 1. The van der Waals surface area contributed by atoms with Crippen LogP contribution in [0.15, 0.2) is 36.4 Å². The Morgan fingerprint density at radius 1 is 1.03 bits per heavy atom. The highest BCUT2D eigenvalue weighted by Crippen LogP contribution is 2.41. The molecule has 2 aliphatic heterocycles. The predicted octanol–water partition coefficient (Wildman–Crippen LogP) is 6.00. The minimum atomic E-state index is -0.268. The molecule has 35 heavy (non-hydrogen) atoms. The number of amides is 2. The van der Waals surface area contributed by atoms with E-state index in [0.29, 0.717) is 6.42 Å². The number of nitrogens with zero attached hydrogens (tertiary/aromatic N) is 3. The highest BCUT2D eigenvalue weighted by atomic mass is 127. The molecule has 0 saturated carbocycles. The monoisotopic (exact) mass is 609 g/mol. The lowest BCUT2D eigenvalue weighted by atomic mass is 9.96. The van der Waals surface area contributed by atoms with E-state index in [9.17, 15) is 9.59 Å². The number of benzene rings is 2. The average molecular weight is 610 g/mol. The van der Waals surface area contributed by atoms with Gasteiger partial charge in [0.05, 0.1) is 12.5 Å². The molecule has 0 aromatic heterocycles. The lowest BCUT2D eigenvalue weighted by Gasteiger charge is -2.37. The van der Waals surface area contributed by atoms with E-state index in [1.54, 1.807) is 0 Å². The number of aryl methyl sites for hydroxylation is 2. The summed E-state index contributed by atoms with van der Waals surface area (Å²) in [6.07, 6.45) is 2.73. The van der Waals surface area contributed by atoms with Crippen LogP contribution in [0.2, 0.25) is 0 Å². The molecular weight excluding hydrogens is 573 g/mol. The maximum atomic E-state index is 13.5. The third-order valence-corrected chi connectivity index (χ3v) is 8.31. The molecule has 0 aliphatic carbocycles. The van der Waals surface area contributed by atoms with Crippen molar-refractivity contribution in [1.82, 2.24) is 9.80 Å². The number of halogens is 2. The largest absolute Gasteiger partial charge is 0.340 e. The second-order valence-corrected chi connectivity index (χ2v) is 11.0. The van der Waals surface area contributed by atoms with Crippen LogP contribution >= 0.6 is 35.0 Å². The van der Waals surface area contributed by atoms with E-state index in [1.807, 2.05) is 47.1 Å². The fraction of sp³-hybridized carbons (Fsp3) is 0.500. The maximum absolute atomic E-state index is 13.5. The van der Waals surface area contributed by atoms with Crippen LogP contribution in [0.3, 0.4) is 0 Å². The number of carbonyl (C=O) groups excluding carboxylic acids is 2. The summed E-state index contributed by atoms with van der Waals surface area (Å²) >= 11 is 2.27. The normalized spacial score (nSPS) is 18.1. The van der Waals surface area contributed by atoms with Crippen LogP contribution in [0.1, 0.15) is 66.2 Å². The van der Waals surface area contributed by atoms with Crippen molar-refractivity contribution in [2.45, 2.75) is 53.0 Å². The zero-order valence-electron chi connectivity index (χ0n) is 21.2. The van der Waals surface area contributed by atoms with E-state index in [1.165, 1.54) is 12.8 Å². The highest BCUT2D eigenvalue weighted by Gasteiger charge is 2.40. The van der Waals surface area contributed by atoms with E-state index in [-0.39, 0.29) is 30.3 Å². The van der Waals surface area contributed by atoms with Gasteiger partial charge in [-0.15, -0.1) is 12.4 Å². The van der Waals surface area contributed by atoms with Crippen molar-refractivity contribution in [2.75, 3.05) is 37.6 Å². The van der Waals surface area contributed by atoms with Crippen LogP contribution in [-0.2, 0) is 4.79 Å². The number of anilines is 1. The molecule has 1 fully saturated rings. The van der Waals surface area contributed by atoms with E-state index in [2.05, 4.69) is 54.3 Å². The molecule has 2 amide bonds. The molecule has 0 bridgehead atoms. The molecule has 1 atom stereocenters. The Morgan fingerprint density at radius 3 is 2.31 bits per heavy atom. The van der Waals surface area contributed by atoms with Gasteiger partial charge in [0, 0.05) is 47.5 Å². The minimum Gasteiger partial charge on any atom is -0.340 e. The molecule has 4 rings (SSSR count).